The molecule has 3 aliphatic rings. The van der Waals surface area contributed by atoms with E-state index < -0.39 is 46.7 Å². The van der Waals surface area contributed by atoms with Gasteiger partial charge in [-0.3, -0.25) is 5.10 Å². The summed E-state index contributed by atoms with van der Waals surface area (Å²) in [5, 5.41) is 6.52. The highest BCUT2D eigenvalue weighted by Crippen LogP contribution is 2.48. The molecule has 1 saturated carbocycles. The maximum Gasteiger partial charge on any atom is 0.417 e. The van der Waals surface area contributed by atoms with Crippen molar-refractivity contribution < 1.29 is 31.4 Å². The number of H-pyrrole nitrogens is 1. The molecule has 4 aromatic heterocycles. The molecule has 4 atom stereocenters. The van der Waals surface area contributed by atoms with Gasteiger partial charge in [0.05, 0.1) is 42.7 Å². The Morgan fingerprint density at radius 2 is 1.92 bits per heavy atom. The Kier molecular flexibility index (Phi) is 7.95. The highest BCUT2D eigenvalue weighted by molar-refractivity contribution is 6.02. The number of fused-ring (bicyclic) bond motifs is 2. The van der Waals surface area contributed by atoms with Gasteiger partial charge in [-0.1, -0.05) is 0 Å². The molecule has 5 aromatic rings. The van der Waals surface area contributed by atoms with Gasteiger partial charge in [0.1, 0.15) is 40.7 Å². The van der Waals surface area contributed by atoms with E-state index in [4.69, 9.17) is 15.2 Å². The summed E-state index contributed by atoms with van der Waals surface area (Å²) in [6.07, 6.45) is 0.285. The summed E-state index contributed by atoms with van der Waals surface area (Å²) in [5.74, 6) is -0.646. The number of rotatable bonds is 4. The number of nitrogens with two attached hydrogens (primary N) is 1. The number of aromatic nitrogens is 6. The third-order valence-corrected chi connectivity index (χ3v) is 9.63. The zero-order valence-electron chi connectivity index (χ0n) is 27.4. The zero-order chi connectivity index (χ0) is 34.9. The maximum absolute atomic E-state index is 16.6. The van der Waals surface area contributed by atoms with Gasteiger partial charge < -0.3 is 25.0 Å². The average molecular weight is 684 g/mol. The van der Waals surface area contributed by atoms with Gasteiger partial charge in [-0.2, -0.15) is 28.2 Å². The fraction of sp³-hybridized carbons (Fsp3) is 0.424. The van der Waals surface area contributed by atoms with Crippen LogP contribution in [-0.4, -0.2) is 74.4 Å². The lowest BCUT2D eigenvalue weighted by molar-refractivity contribution is -0.137. The second-order valence-corrected chi connectivity index (χ2v) is 12.8. The molecule has 8 rings (SSSR count). The number of likely N-dealkylation sites (tertiary alicyclic amines) is 1. The molecule has 16 heteroatoms. The predicted molar refractivity (Wildman–Crippen MR) is 172 cm³/mol. The predicted octanol–water partition coefficient (Wildman–Crippen LogP) is 6.22. The molecule has 2 aliphatic heterocycles. The zero-order valence-corrected chi connectivity index (χ0v) is 27.4. The Bertz CT molecular complexity index is 2090. The Morgan fingerprint density at radius 1 is 1.14 bits per heavy atom. The number of benzene rings is 1. The van der Waals surface area contributed by atoms with Crippen LogP contribution < -0.4 is 20.1 Å². The Hall–Kier alpha value is -4.86. The molecule has 6 heterocycles. The van der Waals surface area contributed by atoms with E-state index in [1.165, 1.54) is 51.7 Å². The molecule has 49 heavy (non-hydrogen) atoms. The van der Waals surface area contributed by atoms with Gasteiger partial charge in [0.25, 0.3) is 0 Å². The summed E-state index contributed by atoms with van der Waals surface area (Å²) < 4.78 is 85.3. The van der Waals surface area contributed by atoms with E-state index in [9.17, 15) is 17.6 Å². The largest absolute Gasteiger partial charge is 0.475 e. The van der Waals surface area contributed by atoms with Crippen molar-refractivity contribution in [3.63, 3.8) is 0 Å². The van der Waals surface area contributed by atoms with E-state index >= 15 is 4.39 Å². The third-order valence-electron chi connectivity index (χ3n) is 9.63. The van der Waals surface area contributed by atoms with Gasteiger partial charge in [0.15, 0.2) is 5.82 Å². The number of ether oxygens (including phenoxy) is 2. The van der Waals surface area contributed by atoms with Gasteiger partial charge in [0, 0.05) is 22.6 Å². The fourth-order valence-corrected chi connectivity index (χ4v) is 7.11. The standard InChI is InChI=1S/C27H23F5N8O2.C6H11N/c1-10-5-16-15(8-35-39-16)17(19(10)27(30,31)32)21-20(29)22-18-24(38-26(37-22)41-4)40(11(2)9-42-25(18)36-21)12(3)14-6-13(28)7-34-23(14)33;1-7-3-2-5-4-6(5)7/h5-8,11-12H,9H2,1-4H3,(H2,33,34)(H,35,39);5-6H,2-4H2,1H3/t11-,12?;/m0./s1. The van der Waals surface area contributed by atoms with Crippen LogP contribution in [0.2, 0.25) is 0 Å². The molecule has 258 valence electrons. The number of aromatic amines is 1. The fourth-order valence-electron chi connectivity index (χ4n) is 7.11. The minimum Gasteiger partial charge on any atom is -0.475 e. The normalized spacial score (nSPS) is 20.8. The average Bonchev–Trinajstić information content (AvgIpc) is 3.59. The van der Waals surface area contributed by atoms with Crippen molar-refractivity contribution >= 4 is 33.4 Å². The van der Waals surface area contributed by atoms with Crippen LogP contribution in [0.25, 0.3) is 33.1 Å². The summed E-state index contributed by atoms with van der Waals surface area (Å²) in [5.41, 5.74) is 3.93. The van der Waals surface area contributed by atoms with E-state index in [0.717, 1.165) is 18.2 Å². The van der Waals surface area contributed by atoms with Crippen LogP contribution in [0, 0.1) is 24.5 Å². The minimum atomic E-state index is -4.85. The Labute approximate surface area is 277 Å². The number of hydrogen-bond donors (Lipinski definition) is 2. The molecule has 2 fully saturated rings. The number of anilines is 2. The van der Waals surface area contributed by atoms with Gasteiger partial charge in [-0.15, -0.1) is 0 Å². The third kappa shape index (κ3) is 5.60. The van der Waals surface area contributed by atoms with Gasteiger partial charge in [-0.05, 0) is 70.8 Å². The molecular formula is C33H34F5N9O2. The van der Waals surface area contributed by atoms with Gasteiger partial charge in [0.2, 0.25) is 5.88 Å². The van der Waals surface area contributed by atoms with E-state index in [0.29, 0.717) is 5.56 Å². The quantitative estimate of drug-likeness (QED) is 0.211. The molecule has 0 spiro atoms. The number of nitrogens with zero attached hydrogens (tertiary/aromatic N) is 7. The number of piperidine rings is 1. The summed E-state index contributed by atoms with van der Waals surface area (Å²) in [7, 11) is 3.50. The van der Waals surface area contributed by atoms with Crippen LogP contribution in [0.3, 0.4) is 0 Å². The number of methoxy groups -OCH3 is 1. The van der Waals surface area contributed by atoms with Crippen molar-refractivity contribution in [1.82, 2.24) is 35.0 Å². The number of aryl methyl sites for hydroxylation is 1. The van der Waals surface area contributed by atoms with E-state index in [-0.39, 0.29) is 57.5 Å². The van der Waals surface area contributed by atoms with Crippen molar-refractivity contribution in [3.05, 3.63) is 52.9 Å². The number of pyridine rings is 2. The van der Waals surface area contributed by atoms with E-state index in [1.54, 1.807) is 18.7 Å². The van der Waals surface area contributed by atoms with Crippen molar-refractivity contribution in [1.29, 1.82) is 0 Å². The number of nitrogen functional groups attached to an aromatic ring is 1. The van der Waals surface area contributed by atoms with E-state index in [2.05, 4.69) is 42.1 Å². The summed E-state index contributed by atoms with van der Waals surface area (Å²) in [6, 6.07) is 2.12. The molecular weight excluding hydrogens is 649 g/mol. The molecule has 1 aliphatic carbocycles. The summed E-state index contributed by atoms with van der Waals surface area (Å²) in [6.45, 7) is 6.09. The monoisotopic (exact) mass is 683 g/mol. The van der Waals surface area contributed by atoms with Crippen molar-refractivity contribution in [3.8, 4) is 23.1 Å². The lowest BCUT2D eigenvalue weighted by atomic mass is 9.94. The number of nitrogens with one attached hydrogen (secondary N) is 1. The minimum absolute atomic E-state index is 0.000771. The first-order chi connectivity index (χ1) is 23.3. The topological polar surface area (TPSA) is 131 Å². The van der Waals surface area contributed by atoms with Crippen LogP contribution in [0.15, 0.2) is 24.5 Å². The van der Waals surface area contributed by atoms with Crippen molar-refractivity contribution in [2.45, 2.75) is 57.9 Å². The first-order valence-electron chi connectivity index (χ1n) is 15.8. The first-order valence-corrected chi connectivity index (χ1v) is 15.8. The molecule has 1 saturated heterocycles. The summed E-state index contributed by atoms with van der Waals surface area (Å²) in [4.78, 5) is 21.0. The van der Waals surface area contributed by atoms with Crippen molar-refractivity contribution in [2.75, 3.05) is 37.9 Å². The first kappa shape index (κ1) is 32.7. The molecule has 0 bridgehead atoms. The summed E-state index contributed by atoms with van der Waals surface area (Å²) >= 11 is 0. The molecule has 11 nitrogen and oxygen atoms in total. The smallest absolute Gasteiger partial charge is 0.417 e. The number of hydrogen-bond acceptors (Lipinski definition) is 10. The highest BCUT2D eigenvalue weighted by atomic mass is 19.4. The maximum atomic E-state index is 16.6. The van der Waals surface area contributed by atoms with Crippen LogP contribution in [0.4, 0.5) is 33.6 Å². The number of alkyl halides is 3. The lowest BCUT2D eigenvalue weighted by Gasteiger charge is -2.34. The number of halogens is 5. The Morgan fingerprint density at radius 3 is 2.55 bits per heavy atom. The molecule has 1 aromatic carbocycles. The molecule has 0 radical (unpaired) electrons. The van der Waals surface area contributed by atoms with Crippen LogP contribution >= 0.6 is 0 Å². The lowest BCUT2D eigenvalue weighted by Crippen LogP contribution is -2.39. The van der Waals surface area contributed by atoms with Gasteiger partial charge in [-0.25, -0.2) is 18.7 Å². The van der Waals surface area contributed by atoms with E-state index in [1.807, 2.05) is 0 Å². The van der Waals surface area contributed by atoms with Crippen LogP contribution in [0.5, 0.6) is 11.9 Å². The highest BCUT2D eigenvalue weighted by Gasteiger charge is 2.44. The Balaban J connectivity index is 0.000000475. The second-order valence-electron chi connectivity index (χ2n) is 12.8. The van der Waals surface area contributed by atoms with Gasteiger partial charge >= 0.3 is 12.2 Å². The SMILES string of the molecule is CN1CCC2CC21.COc1nc2c3c(nc(-c4c(C(F)(F)F)c(C)cc5[nH]ncc45)c(F)c3n1)OC[C@H](C)N2C(C)c1cc(F)cnc1N. The van der Waals surface area contributed by atoms with Crippen LogP contribution in [-0.2, 0) is 6.18 Å². The molecule has 3 unspecified atom stereocenters. The second kappa shape index (κ2) is 11.9. The molecule has 3 N–H and O–H groups in total. The van der Waals surface area contributed by atoms with Crippen LogP contribution in [0.1, 0.15) is 49.4 Å². The van der Waals surface area contributed by atoms with Crippen molar-refractivity contribution in [2.24, 2.45) is 5.92 Å². The molecule has 0 amide bonds.